The molecule has 0 saturated carbocycles. The molecule has 1 aromatic heterocycles. The van der Waals surface area contributed by atoms with Crippen molar-refractivity contribution in [2.75, 3.05) is 4.72 Å². The Morgan fingerprint density at radius 3 is 2.47 bits per heavy atom. The molecule has 1 aromatic carbocycles. The van der Waals surface area contributed by atoms with E-state index < -0.39 is 16.0 Å². The molecule has 0 aliphatic heterocycles. The number of nitrogens with zero attached hydrogens (tertiary/aromatic N) is 1. The molecule has 0 unspecified atom stereocenters. The van der Waals surface area contributed by atoms with E-state index in [1.54, 1.807) is 0 Å². The van der Waals surface area contributed by atoms with Crippen LogP contribution in [0.1, 0.15) is 5.56 Å². The van der Waals surface area contributed by atoms with E-state index >= 15 is 0 Å². The Labute approximate surface area is 109 Å². The van der Waals surface area contributed by atoms with Crippen LogP contribution in [0.4, 0.5) is 5.82 Å². The van der Waals surface area contributed by atoms with Crippen LogP contribution in [0, 0.1) is 0 Å². The zero-order valence-electron chi connectivity index (χ0n) is 9.70. The van der Waals surface area contributed by atoms with Gasteiger partial charge in [-0.1, -0.05) is 12.1 Å². The van der Waals surface area contributed by atoms with Crippen molar-refractivity contribution in [2.24, 2.45) is 0 Å². The molecule has 1 heterocycles. The van der Waals surface area contributed by atoms with Gasteiger partial charge < -0.3 is 5.11 Å². The number of aromatic amines is 1. The summed E-state index contributed by atoms with van der Waals surface area (Å²) in [5.41, 5.74) is 0.535. The van der Waals surface area contributed by atoms with Gasteiger partial charge in [-0.3, -0.25) is 14.6 Å². The molecule has 2 rings (SSSR count). The maximum Gasteiger partial charge on any atom is 0.307 e. The average molecular weight is 281 g/mol. The van der Waals surface area contributed by atoms with E-state index in [0.717, 1.165) is 0 Å². The van der Waals surface area contributed by atoms with Crippen LogP contribution in [0.25, 0.3) is 0 Å². The molecule has 0 aliphatic rings. The number of aliphatic carboxylic acids is 1. The minimum absolute atomic E-state index is 0.0521. The standard InChI is InChI=1S/C11H11N3O4S/c15-11(16)7-8-1-3-9(4-2-8)19(17,18)14-10-5-6-12-13-10/h1-6H,7H2,(H,15,16)(H2,12,13,14). The molecule has 0 atom stereocenters. The zero-order valence-corrected chi connectivity index (χ0v) is 10.5. The Hall–Kier alpha value is -2.35. The summed E-state index contributed by atoms with van der Waals surface area (Å²) in [5.74, 6) is -0.708. The van der Waals surface area contributed by atoms with Gasteiger partial charge in [0.2, 0.25) is 0 Å². The van der Waals surface area contributed by atoms with E-state index in [2.05, 4.69) is 14.9 Å². The summed E-state index contributed by atoms with van der Waals surface area (Å²) in [6.07, 6.45) is 1.28. The van der Waals surface area contributed by atoms with E-state index in [4.69, 9.17) is 5.11 Å². The predicted molar refractivity (Wildman–Crippen MR) is 67.2 cm³/mol. The highest BCUT2D eigenvalue weighted by atomic mass is 32.2. The first-order chi connectivity index (χ1) is 8.97. The van der Waals surface area contributed by atoms with Gasteiger partial charge in [-0.25, -0.2) is 8.42 Å². The topological polar surface area (TPSA) is 112 Å². The fraction of sp³-hybridized carbons (Fsp3) is 0.0909. The van der Waals surface area contributed by atoms with E-state index in [1.165, 1.54) is 36.5 Å². The van der Waals surface area contributed by atoms with Gasteiger partial charge in [-0.05, 0) is 17.7 Å². The first-order valence-corrected chi connectivity index (χ1v) is 6.78. The highest BCUT2D eigenvalue weighted by Gasteiger charge is 2.14. The van der Waals surface area contributed by atoms with Gasteiger partial charge in [0.1, 0.15) is 5.82 Å². The summed E-state index contributed by atoms with van der Waals surface area (Å²) in [7, 11) is -3.70. The first-order valence-electron chi connectivity index (χ1n) is 5.30. The summed E-state index contributed by atoms with van der Waals surface area (Å²) in [4.78, 5) is 10.6. The fourth-order valence-electron chi connectivity index (χ4n) is 1.48. The molecule has 0 spiro atoms. The third-order valence-electron chi connectivity index (χ3n) is 2.33. The molecular weight excluding hydrogens is 270 g/mol. The third kappa shape index (κ3) is 3.32. The maximum atomic E-state index is 12.0. The largest absolute Gasteiger partial charge is 0.481 e. The first kappa shape index (κ1) is 13.1. The highest BCUT2D eigenvalue weighted by Crippen LogP contribution is 2.14. The fourth-order valence-corrected chi connectivity index (χ4v) is 2.49. The van der Waals surface area contributed by atoms with Crippen LogP contribution in [0.2, 0.25) is 0 Å². The Balaban J connectivity index is 2.19. The van der Waals surface area contributed by atoms with E-state index in [1.807, 2.05) is 0 Å². The summed E-state index contributed by atoms with van der Waals surface area (Å²) < 4.78 is 26.2. The van der Waals surface area contributed by atoms with Crippen LogP contribution in [-0.4, -0.2) is 29.7 Å². The molecule has 3 N–H and O–H groups in total. The number of carbonyl (C=O) groups is 1. The van der Waals surface area contributed by atoms with Crippen molar-refractivity contribution >= 4 is 21.8 Å². The van der Waals surface area contributed by atoms with Crippen molar-refractivity contribution in [3.63, 3.8) is 0 Å². The number of carboxylic acid groups (broad SMARTS) is 1. The van der Waals surface area contributed by atoms with Crippen LogP contribution >= 0.6 is 0 Å². The number of rotatable bonds is 5. The van der Waals surface area contributed by atoms with Crippen LogP contribution in [-0.2, 0) is 21.2 Å². The van der Waals surface area contributed by atoms with Gasteiger partial charge in [0.25, 0.3) is 10.0 Å². The second-order valence-corrected chi connectivity index (χ2v) is 5.47. The number of benzene rings is 1. The third-order valence-corrected chi connectivity index (χ3v) is 3.72. The molecule has 0 saturated heterocycles. The number of H-pyrrole nitrogens is 1. The van der Waals surface area contributed by atoms with E-state index in [-0.39, 0.29) is 17.1 Å². The molecule has 0 radical (unpaired) electrons. The summed E-state index contributed by atoms with van der Waals surface area (Å²) in [6.45, 7) is 0. The molecule has 8 heteroatoms. The molecular formula is C11H11N3O4S. The Morgan fingerprint density at radius 1 is 1.26 bits per heavy atom. The minimum Gasteiger partial charge on any atom is -0.481 e. The lowest BCUT2D eigenvalue weighted by atomic mass is 10.2. The maximum absolute atomic E-state index is 12.0. The Bertz CT molecular complexity index is 662. The van der Waals surface area contributed by atoms with Gasteiger partial charge >= 0.3 is 5.97 Å². The lowest BCUT2D eigenvalue weighted by molar-refractivity contribution is -0.136. The second-order valence-electron chi connectivity index (χ2n) is 3.79. The number of nitrogens with one attached hydrogen (secondary N) is 2. The molecule has 0 bridgehead atoms. The van der Waals surface area contributed by atoms with Crippen molar-refractivity contribution < 1.29 is 18.3 Å². The van der Waals surface area contributed by atoms with Crippen LogP contribution in [0.3, 0.4) is 0 Å². The van der Waals surface area contributed by atoms with Crippen LogP contribution < -0.4 is 4.72 Å². The summed E-state index contributed by atoms with van der Waals surface area (Å²) in [5, 5.41) is 14.7. The highest BCUT2D eigenvalue weighted by molar-refractivity contribution is 7.92. The average Bonchev–Trinajstić information content (AvgIpc) is 2.81. The van der Waals surface area contributed by atoms with Gasteiger partial charge in [0, 0.05) is 6.07 Å². The molecule has 0 fully saturated rings. The van der Waals surface area contributed by atoms with Crippen molar-refractivity contribution in [2.45, 2.75) is 11.3 Å². The van der Waals surface area contributed by atoms with Gasteiger partial charge in [-0.15, -0.1) is 0 Å². The summed E-state index contributed by atoms with van der Waals surface area (Å²) in [6, 6.07) is 7.13. The second kappa shape index (κ2) is 5.11. The molecule has 2 aromatic rings. The minimum atomic E-state index is -3.70. The zero-order chi connectivity index (χ0) is 13.9. The number of aromatic nitrogens is 2. The van der Waals surface area contributed by atoms with Crippen molar-refractivity contribution in [3.8, 4) is 0 Å². The monoisotopic (exact) mass is 281 g/mol. The molecule has 100 valence electrons. The van der Waals surface area contributed by atoms with Crippen LogP contribution in [0.5, 0.6) is 0 Å². The van der Waals surface area contributed by atoms with Gasteiger partial charge in [0.15, 0.2) is 0 Å². The number of anilines is 1. The van der Waals surface area contributed by atoms with Gasteiger partial charge in [0.05, 0.1) is 17.5 Å². The van der Waals surface area contributed by atoms with E-state index in [0.29, 0.717) is 5.56 Å². The molecule has 0 amide bonds. The van der Waals surface area contributed by atoms with Crippen LogP contribution in [0.15, 0.2) is 41.4 Å². The quantitative estimate of drug-likeness (QED) is 0.751. The smallest absolute Gasteiger partial charge is 0.307 e. The normalized spacial score (nSPS) is 11.2. The molecule has 7 nitrogen and oxygen atoms in total. The number of hydrogen-bond donors (Lipinski definition) is 3. The van der Waals surface area contributed by atoms with Crippen molar-refractivity contribution in [3.05, 3.63) is 42.1 Å². The number of hydrogen-bond acceptors (Lipinski definition) is 4. The van der Waals surface area contributed by atoms with E-state index in [9.17, 15) is 13.2 Å². The SMILES string of the molecule is O=C(O)Cc1ccc(S(=O)(=O)Nc2ccn[nH]2)cc1. The molecule has 19 heavy (non-hydrogen) atoms. The Morgan fingerprint density at radius 2 is 1.95 bits per heavy atom. The number of carboxylic acids is 1. The Kier molecular flexibility index (Phi) is 3.52. The summed E-state index contributed by atoms with van der Waals surface area (Å²) >= 11 is 0. The van der Waals surface area contributed by atoms with Crippen molar-refractivity contribution in [1.29, 1.82) is 0 Å². The molecule has 0 aliphatic carbocycles. The van der Waals surface area contributed by atoms with Crippen molar-refractivity contribution in [1.82, 2.24) is 10.2 Å². The lowest BCUT2D eigenvalue weighted by Crippen LogP contribution is -2.13. The lowest BCUT2D eigenvalue weighted by Gasteiger charge is -2.06. The van der Waals surface area contributed by atoms with Gasteiger partial charge in [-0.2, -0.15) is 5.10 Å². The number of sulfonamides is 1. The predicted octanol–water partition coefficient (Wildman–Crippen LogP) is 0.838.